The van der Waals surface area contributed by atoms with Crippen LogP contribution in [0.4, 0.5) is 0 Å². The average Bonchev–Trinajstić information content (AvgIpc) is 2.82. The lowest BCUT2D eigenvalue weighted by Crippen LogP contribution is -2.24. The fraction of sp³-hybridized carbons (Fsp3) is 0.375. The largest absolute Gasteiger partial charge is 0.461 e. The summed E-state index contributed by atoms with van der Waals surface area (Å²) >= 11 is 3.65. The number of hydrogen-bond acceptors (Lipinski definition) is 3. The third kappa shape index (κ3) is 1.75. The predicted octanol–water partition coefficient (Wildman–Crippen LogP) is 4.59. The lowest BCUT2D eigenvalue weighted by molar-refractivity contribution is 0.567. The first-order valence-corrected chi connectivity index (χ1v) is 7.66. The van der Waals surface area contributed by atoms with Crippen molar-refractivity contribution in [3.05, 3.63) is 33.7 Å². The highest BCUT2D eigenvalue weighted by molar-refractivity contribution is 9.10. The fourth-order valence-corrected chi connectivity index (χ4v) is 3.50. The molecule has 0 spiro atoms. The zero-order chi connectivity index (χ0) is 14.1. The van der Waals surface area contributed by atoms with E-state index in [-0.39, 0.29) is 5.54 Å². The number of rotatable bonds is 2. The fourth-order valence-electron chi connectivity index (χ4n) is 2.91. The topological polar surface area (TPSA) is 52.3 Å². The van der Waals surface area contributed by atoms with Gasteiger partial charge in [-0.3, -0.25) is 0 Å². The quantitative estimate of drug-likeness (QED) is 0.746. The minimum absolute atomic E-state index is 0.0560. The van der Waals surface area contributed by atoms with Gasteiger partial charge in [0.25, 0.3) is 0 Å². The molecule has 20 heavy (non-hydrogen) atoms. The van der Waals surface area contributed by atoms with Gasteiger partial charge in [-0.05, 0) is 61.2 Å². The van der Waals surface area contributed by atoms with Crippen molar-refractivity contribution >= 4 is 37.9 Å². The van der Waals surface area contributed by atoms with Gasteiger partial charge in [0.2, 0.25) is 0 Å². The number of hydrogen-bond donors (Lipinski definition) is 1. The van der Waals surface area contributed by atoms with Crippen LogP contribution in [0.5, 0.6) is 0 Å². The summed E-state index contributed by atoms with van der Waals surface area (Å²) in [6, 6.07) is 4.13. The maximum absolute atomic E-state index is 6.33. The number of fused-ring (bicyclic) bond motifs is 2. The van der Waals surface area contributed by atoms with Gasteiger partial charge in [0.1, 0.15) is 22.7 Å². The molecule has 2 heterocycles. The highest BCUT2D eigenvalue weighted by Gasteiger charge is 2.39. The molecule has 3 aromatic rings. The van der Waals surface area contributed by atoms with Crippen LogP contribution in [0.3, 0.4) is 0 Å². The maximum Gasteiger partial charge on any atom is 0.149 e. The minimum Gasteiger partial charge on any atom is -0.461 e. The van der Waals surface area contributed by atoms with E-state index in [0.29, 0.717) is 0 Å². The molecule has 104 valence electrons. The van der Waals surface area contributed by atoms with Crippen molar-refractivity contribution in [2.75, 3.05) is 0 Å². The van der Waals surface area contributed by atoms with Crippen LogP contribution in [0.15, 0.2) is 25.4 Å². The molecule has 0 radical (unpaired) electrons. The van der Waals surface area contributed by atoms with Crippen molar-refractivity contribution in [2.24, 2.45) is 5.73 Å². The molecule has 1 aromatic carbocycles. The van der Waals surface area contributed by atoms with Crippen molar-refractivity contribution in [3.8, 4) is 0 Å². The van der Waals surface area contributed by atoms with Crippen LogP contribution in [-0.4, -0.2) is 5.54 Å². The van der Waals surface area contributed by atoms with Gasteiger partial charge >= 0.3 is 0 Å². The van der Waals surface area contributed by atoms with Crippen LogP contribution in [0, 0.1) is 13.8 Å². The molecule has 0 aliphatic heterocycles. The van der Waals surface area contributed by atoms with Gasteiger partial charge in [-0.15, -0.1) is 0 Å². The van der Waals surface area contributed by atoms with E-state index < -0.39 is 0 Å². The maximum atomic E-state index is 6.33. The smallest absolute Gasteiger partial charge is 0.149 e. The third-order valence-corrected chi connectivity index (χ3v) is 4.95. The van der Waals surface area contributed by atoms with Gasteiger partial charge in [0, 0.05) is 21.9 Å². The molecule has 2 aromatic heterocycles. The monoisotopic (exact) mass is 333 g/mol. The normalized spacial score (nSPS) is 17.2. The second kappa shape index (κ2) is 3.89. The summed E-state index contributed by atoms with van der Waals surface area (Å²) in [6.07, 6.45) is 3.02. The predicted molar refractivity (Wildman–Crippen MR) is 83.0 cm³/mol. The summed E-state index contributed by atoms with van der Waals surface area (Å²) in [5.41, 5.74) is 9.30. The number of benzene rings is 1. The van der Waals surface area contributed by atoms with E-state index in [1.807, 2.05) is 13.8 Å². The van der Waals surface area contributed by atoms with Crippen LogP contribution >= 0.6 is 15.9 Å². The van der Waals surface area contributed by atoms with E-state index in [1.165, 1.54) is 5.56 Å². The second-order valence-corrected chi connectivity index (χ2v) is 6.82. The summed E-state index contributed by atoms with van der Waals surface area (Å²) in [7, 11) is 0. The van der Waals surface area contributed by atoms with Crippen molar-refractivity contribution in [1.29, 1.82) is 0 Å². The van der Waals surface area contributed by atoms with E-state index in [4.69, 9.17) is 14.6 Å². The van der Waals surface area contributed by atoms with Gasteiger partial charge in [0.15, 0.2) is 0 Å². The minimum atomic E-state index is -0.0560. The molecule has 2 N–H and O–H groups in total. The zero-order valence-corrected chi connectivity index (χ0v) is 13.1. The van der Waals surface area contributed by atoms with E-state index in [9.17, 15) is 0 Å². The zero-order valence-electron chi connectivity index (χ0n) is 11.5. The van der Waals surface area contributed by atoms with Gasteiger partial charge in [-0.2, -0.15) is 0 Å². The molecule has 0 amide bonds. The lowest BCUT2D eigenvalue weighted by Gasteiger charge is -2.11. The Balaban J connectivity index is 2.11. The second-order valence-electron chi connectivity index (χ2n) is 6.03. The van der Waals surface area contributed by atoms with Crippen LogP contribution in [0.25, 0.3) is 21.9 Å². The first kappa shape index (κ1) is 12.5. The molecular formula is C16H16BrNO2. The Kier molecular flexibility index (Phi) is 2.43. The van der Waals surface area contributed by atoms with E-state index in [0.717, 1.165) is 57.2 Å². The number of aryl methyl sites for hydroxylation is 2. The van der Waals surface area contributed by atoms with Crippen molar-refractivity contribution < 1.29 is 8.83 Å². The van der Waals surface area contributed by atoms with Crippen molar-refractivity contribution in [1.82, 2.24) is 0 Å². The molecule has 4 rings (SSSR count). The highest BCUT2D eigenvalue weighted by Crippen LogP contribution is 2.44. The Morgan fingerprint density at radius 3 is 2.35 bits per heavy atom. The molecule has 0 unspecified atom stereocenters. The molecular weight excluding hydrogens is 318 g/mol. The molecule has 1 aliphatic carbocycles. The SMILES string of the molecule is Cc1cc2c(CC3(N)CC3)c3oc(C)cc3c(Br)c2o1. The standard InChI is InChI=1S/C16H16BrNO2/c1-8-5-10-12(7-16(18)3-4-16)14-11(6-9(2)19-14)13(17)15(10)20-8/h5-6H,3-4,7,18H2,1-2H3. The Labute approximate surface area is 125 Å². The molecule has 4 heteroatoms. The van der Waals surface area contributed by atoms with Gasteiger partial charge < -0.3 is 14.6 Å². The third-order valence-electron chi connectivity index (χ3n) is 4.17. The number of furan rings is 2. The highest BCUT2D eigenvalue weighted by atomic mass is 79.9. The summed E-state index contributed by atoms with van der Waals surface area (Å²) in [6.45, 7) is 3.94. The Morgan fingerprint density at radius 2 is 1.70 bits per heavy atom. The Hall–Kier alpha value is -1.26. The van der Waals surface area contributed by atoms with E-state index >= 15 is 0 Å². The van der Waals surface area contributed by atoms with Crippen LogP contribution < -0.4 is 5.73 Å². The summed E-state index contributed by atoms with van der Waals surface area (Å²) in [5.74, 6) is 1.82. The van der Waals surface area contributed by atoms with Gasteiger partial charge in [-0.1, -0.05) is 0 Å². The molecule has 0 saturated heterocycles. The summed E-state index contributed by atoms with van der Waals surface area (Å²) in [4.78, 5) is 0. The number of halogens is 1. The Bertz CT molecular complexity index is 782. The molecule has 1 aliphatic rings. The van der Waals surface area contributed by atoms with Gasteiger partial charge in [0.05, 0.1) is 4.47 Å². The van der Waals surface area contributed by atoms with Crippen LogP contribution in [0.1, 0.15) is 29.9 Å². The molecule has 1 fully saturated rings. The summed E-state index contributed by atoms with van der Waals surface area (Å²) in [5, 5.41) is 2.19. The first-order valence-electron chi connectivity index (χ1n) is 6.86. The van der Waals surface area contributed by atoms with Crippen molar-refractivity contribution in [3.63, 3.8) is 0 Å². The molecule has 0 atom stereocenters. The summed E-state index contributed by atoms with van der Waals surface area (Å²) < 4.78 is 12.8. The molecule has 0 bridgehead atoms. The average molecular weight is 334 g/mol. The van der Waals surface area contributed by atoms with E-state index in [2.05, 4.69) is 28.1 Å². The van der Waals surface area contributed by atoms with Crippen LogP contribution in [-0.2, 0) is 6.42 Å². The van der Waals surface area contributed by atoms with Crippen LogP contribution in [0.2, 0.25) is 0 Å². The number of nitrogens with two attached hydrogens (primary N) is 1. The van der Waals surface area contributed by atoms with E-state index in [1.54, 1.807) is 0 Å². The molecule has 3 nitrogen and oxygen atoms in total. The molecule has 1 saturated carbocycles. The van der Waals surface area contributed by atoms with Crippen molar-refractivity contribution in [2.45, 2.75) is 38.6 Å². The first-order chi connectivity index (χ1) is 9.47. The van der Waals surface area contributed by atoms with Gasteiger partial charge in [-0.25, -0.2) is 0 Å². The lowest BCUT2D eigenvalue weighted by atomic mass is 9.99. The Morgan fingerprint density at radius 1 is 1.10 bits per heavy atom.